The monoisotopic (exact) mass is 371 g/mol. The third kappa shape index (κ3) is 4.46. The van der Waals surface area contributed by atoms with Crippen LogP contribution in [-0.2, 0) is 9.59 Å². The Hall–Kier alpha value is -3.29. The van der Waals surface area contributed by atoms with Crippen molar-refractivity contribution in [3.05, 3.63) is 42.4 Å². The van der Waals surface area contributed by atoms with Crippen LogP contribution in [0.3, 0.4) is 0 Å². The van der Waals surface area contributed by atoms with E-state index in [1.165, 1.54) is 19.4 Å². The van der Waals surface area contributed by atoms with Gasteiger partial charge in [0.1, 0.15) is 5.75 Å². The van der Waals surface area contributed by atoms with Crippen molar-refractivity contribution >= 4 is 29.1 Å². The molecule has 3 rings (SSSR count). The first-order valence-electron chi connectivity index (χ1n) is 8.68. The van der Waals surface area contributed by atoms with Crippen LogP contribution in [0.15, 0.2) is 41.0 Å². The number of hydrogen-bond donors (Lipinski definition) is 2. The Morgan fingerprint density at radius 3 is 2.81 bits per heavy atom. The molecule has 1 saturated heterocycles. The minimum atomic E-state index is -0.468. The lowest BCUT2D eigenvalue weighted by Gasteiger charge is -2.28. The number of rotatable bonds is 6. The van der Waals surface area contributed by atoms with Crippen molar-refractivity contribution in [2.45, 2.75) is 19.3 Å². The molecule has 2 N–H and O–H groups in total. The predicted molar refractivity (Wildman–Crippen MR) is 98.9 cm³/mol. The molecule has 1 fully saturated rings. The molecule has 1 aromatic carbocycles. The van der Waals surface area contributed by atoms with Gasteiger partial charge < -0.3 is 24.7 Å². The fourth-order valence-electron chi connectivity index (χ4n) is 2.90. The van der Waals surface area contributed by atoms with Gasteiger partial charge in [0.15, 0.2) is 5.76 Å². The van der Waals surface area contributed by atoms with E-state index in [9.17, 15) is 14.4 Å². The summed E-state index contributed by atoms with van der Waals surface area (Å²) in [7, 11) is 1.54. The average molecular weight is 371 g/mol. The van der Waals surface area contributed by atoms with Gasteiger partial charge in [-0.25, -0.2) is 0 Å². The van der Waals surface area contributed by atoms with Crippen molar-refractivity contribution in [3.63, 3.8) is 0 Å². The molecule has 8 nitrogen and oxygen atoms in total. The summed E-state index contributed by atoms with van der Waals surface area (Å²) in [5, 5.41) is 5.19. The van der Waals surface area contributed by atoms with Crippen LogP contribution in [0.4, 0.5) is 11.4 Å². The van der Waals surface area contributed by atoms with Crippen LogP contribution >= 0.6 is 0 Å². The van der Waals surface area contributed by atoms with Crippen LogP contribution < -0.4 is 20.3 Å². The SMILES string of the molecule is COc1ccc(NC(=O)CNC(=O)c2ccco2)cc1N1CCCCC1=O. The second kappa shape index (κ2) is 8.39. The molecule has 2 heterocycles. The van der Waals surface area contributed by atoms with Crippen LogP contribution in [-0.4, -0.2) is 37.9 Å². The summed E-state index contributed by atoms with van der Waals surface area (Å²) >= 11 is 0. The van der Waals surface area contributed by atoms with E-state index in [-0.39, 0.29) is 18.2 Å². The number of furan rings is 1. The van der Waals surface area contributed by atoms with Crippen LogP contribution in [0.2, 0.25) is 0 Å². The standard InChI is InChI=1S/C19H21N3O5/c1-26-15-8-7-13(11-14(15)22-9-3-2-6-18(22)24)21-17(23)12-20-19(25)16-5-4-10-27-16/h4-5,7-8,10-11H,2-3,6,9,12H2,1H3,(H,20,25)(H,21,23). The molecule has 3 amide bonds. The molecule has 1 aromatic heterocycles. The molecule has 0 saturated carbocycles. The fourth-order valence-corrected chi connectivity index (χ4v) is 2.90. The van der Waals surface area contributed by atoms with Crippen molar-refractivity contribution in [1.82, 2.24) is 5.32 Å². The third-order valence-corrected chi connectivity index (χ3v) is 4.23. The number of methoxy groups -OCH3 is 1. The number of carbonyl (C=O) groups excluding carboxylic acids is 3. The molecule has 8 heteroatoms. The largest absolute Gasteiger partial charge is 0.495 e. The van der Waals surface area contributed by atoms with Gasteiger partial charge in [0.2, 0.25) is 11.8 Å². The van der Waals surface area contributed by atoms with Gasteiger partial charge in [-0.05, 0) is 43.2 Å². The van der Waals surface area contributed by atoms with Gasteiger partial charge in [-0.1, -0.05) is 0 Å². The first-order chi connectivity index (χ1) is 13.1. The maximum atomic E-state index is 12.2. The van der Waals surface area contributed by atoms with E-state index in [0.29, 0.717) is 30.1 Å². The smallest absolute Gasteiger partial charge is 0.287 e. The molecule has 0 unspecified atom stereocenters. The number of benzene rings is 1. The van der Waals surface area contributed by atoms with Gasteiger partial charge in [0.25, 0.3) is 5.91 Å². The van der Waals surface area contributed by atoms with Crippen LogP contribution in [0.5, 0.6) is 5.75 Å². The molecular weight excluding hydrogens is 350 g/mol. The zero-order valence-electron chi connectivity index (χ0n) is 15.0. The van der Waals surface area contributed by atoms with Crippen LogP contribution in [0, 0.1) is 0 Å². The predicted octanol–water partition coefficient (Wildman–Crippen LogP) is 2.17. The summed E-state index contributed by atoms with van der Waals surface area (Å²) in [6.07, 6.45) is 3.68. The Bertz CT molecular complexity index is 832. The molecule has 2 aromatic rings. The minimum Gasteiger partial charge on any atom is -0.495 e. The highest BCUT2D eigenvalue weighted by Gasteiger charge is 2.23. The lowest BCUT2D eigenvalue weighted by Crippen LogP contribution is -2.35. The Morgan fingerprint density at radius 1 is 1.26 bits per heavy atom. The van der Waals surface area contributed by atoms with E-state index in [0.717, 1.165) is 12.8 Å². The normalized spacial score (nSPS) is 14.0. The lowest BCUT2D eigenvalue weighted by molar-refractivity contribution is -0.119. The molecule has 27 heavy (non-hydrogen) atoms. The first-order valence-corrected chi connectivity index (χ1v) is 8.68. The molecule has 1 aliphatic rings. The maximum Gasteiger partial charge on any atom is 0.287 e. The zero-order valence-corrected chi connectivity index (χ0v) is 15.0. The number of hydrogen-bond acceptors (Lipinski definition) is 5. The molecule has 0 spiro atoms. The van der Waals surface area contributed by atoms with Crippen molar-refractivity contribution in [2.75, 3.05) is 30.4 Å². The van der Waals surface area contributed by atoms with E-state index < -0.39 is 11.8 Å². The van der Waals surface area contributed by atoms with Gasteiger partial charge >= 0.3 is 0 Å². The molecule has 0 aliphatic carbocycles. The summed E-state index contributed by atoms with van der Waals surface area (Å²) in [6, 6.07) is 8.19. The number of carbonyl (C=O) groups is 3. The highest BCUT2D eigenvalue weighted by molar-refractivity contribution is 6.00. The average Bonchev–Trinajstić information content (AvgIpc) is 3.21. The summed E-state index contributed by atoms with van der Waals surface area (Å²) in [4.78, 5) is 37.8. The summed E-state index contributed by atoms with van der Waals surface area (Å²) in [6.45, 7) is 0.412. The number of nitrogens with one attached hydrogen (secondary N) is 2. The third-order valence-electron chi connectivity index (χ3n) is 4.23. The van der Waals surface area contributed by atoms with Gasteiger partial charge in [-0.15, -0.1) is 0 Å². The summed E-state index contributed by atoms with van der Waals surface area (Å²) in [5.74, 6) is -0.123. The Morgan fingerprint density at radius 2 is 2.11 bits per heavy atom. The quantitative estimate of drug-likeness (QED) is 0.810. The maximum absolute atomic E-state index is 12.2. The van der Waals surface area contributed by atoms with Crippen LogP contribution in [0.1, 0.15) is 29.8 Å². The van der Waals surface area contributed by atoms with Crippen LogP contribution in [0.25, 0.3) is 0 Å². The fraction of sp³-hybridized carbons (Fsp3) is 0.316. The van der Waals surface area contributed by atoms with Crippen molar-refractivity contribution in [3.8, 4) is 5.75 Å². The first kappa shape index (κ1) is 18.5. The van der Waals surface area contributed by atoms with E-state index in [1.54, 1.807) is 29.2 Å². The van der Waals surface area contributed by atoms with E-state index >= 15 is 0 Å². The highest BCUT2D eigenvalue weighted by atomic mass is 16.5. The summed E-state index contributed by atoms with van der Waals surface area (Å²) in [5.41, 5.74) is 1.14. The summed E-state index contributed by atoms with van der Waals surface area (Å²) < 4.78 is 10.3. The number of nitrogens with zero attached hydrogens (tertiary/aromatic N) is 1. The van der Waals surface area contributed by atoms with Crippen molar-refractivity contribution in [1.29, 1.82) is 0 Å². The van der Waals surface area contributed by atoms with E-state index in [4.69, 9.17) is 9.15 Å². The van der Waals surface area contributed by atoms with E-state index in [1.807, 2.05) is 0 Å². The van der Waals surface area contributed by atoms with Crippen molar-refractivity contribution < 1.29 is 23.5 Å². The van der Waals surface area contributed by atoms with Crippen molar-refractivity contribution in [2.24, 2.45) is 0 Å². The number of piperidine rings is 1. The Labute approximate surface area is 156 Å². The lowest BCUT2D eigenvalue weighted by atomic mass is 10.1. The van der Waals surface area contributed by atoms with Gasteiger partial charge in [0.05, 0.1) is 25.6 Å². The molecule has 1 aliphatic heterocycles. The van der Waals surface area contributed by atoms with Gasteiger partial charge in [0, 0.05) is 18.7 Å². The number of ether oxygens (including phenoxy) is 1. The number of amides is 3. The van der Waals surface area contributed by atoms with Gasteiger partial charge in [-0.2, -0.15) is 0 Å². The zero-order chi connectivity index (χ0) is 19.2. The van der Waals surface area contributed by atoms with Gasteiger partial charge in [-0.3, -0.25) is 14.4 Å². The second-order valence-electron chi connectivity index (χ2n) is 6.10. The Kier molecular flexibility index (Phi) is 5.75. The second-order valence-corrected chi connectivity index (χ2v) is 6.10. The molecule has 0 atom stereocenters. The molecule has 142 valence electrons. The molecular formula is C19H21N3O5. The molecule has 0 bridgehead atoms. The Balaban J connectivity index is 1.66. The van der Waals surface area contributed by atoms with E-state index in [2.05, 4.69) is 10.6 Å². The molecule has 0 radical (unpaired) electrons. The minimum absolute atomic E-state index is 0.0359. The number of anilines is 2. The topological polar surface area (TPSA) is 101 Å². The highest BCUT2D eigenvalue weighted by Crippen LogP contribution is 2.33.